The molecule has 3 N–H and O–H groups in total. The fourth-order valence-corrected chi connectivity index (χ4v) is 2.36. The van der Waals surface area contributed by atoms with Gasteiger partial charge in [-0.3, -0.25) is 0 Å². The van der Waals surface area contributed by atoms with Crippen LogP contribution in [0.1, 0.15) is 18.3 Å². The molecule has 0 saturated carbocycles. The third-order valence-corrected chi connectivity index (χ3v) is 3.47. The van der Waals surface area contributed by atoms with Crippen molar-refractivity contribution in [2.75, 3.05) is 26.7 Å². The predicted molar refractivity (Wildman–Crippen MR) is 80.3 cm³/mol. The molecular formula is C15H24N4. The first-order valence-electron chi connectivity index (χ1n) is 6.92. The van der Waals surface area contributed by atoms with E-state index in [1.54, 1.807) is 0 Å². The molecule has 2 rings (SSSR count). The highest BCUT2D eigenvalue weighted by molar-refractivity contribution is 5.75. The van der Waals surface area contributed by atoms with Crippen molar-refractivity contribution in [3.8, 4) is 0 Å². The van der Waals surface area contributed by atoms with E-state index in [0.717, 1.165) is 42.9 Å². The quantitative estimate of drug-likeness (QED) is 0.834. The van der Waals surface area contributed by atoms with Crippen molar-refractivity contribution in [1.82, 2.24) is 14.9 Å². The number of rotatable bonds is 6. The molecule has 0 fully saturated rings. The molecule has 1 atom stereocenters. The smallest absolute Gasteiger partial charge is 0.104 e. The first-order valence-corrected chi connectivity index (χ1v) is 6.92. The summed E-state index contributed by atoms with van der Waals surface area (Å²) < 4.78 is 0. The van der Waals surface area contributed by atoms with E-state index in [0.29, 0.717) is 5.92 Å². The number of nitrogens with one attached hydrogen (secondary N) is 1. The van der Waals surface area contributed by atoms with E-state index in [-0.39, 0.29) is 0 Å². The highest BCUT2D eigenvalue weighted by Gasteiger charge is 2.06. The number of hydrogen-bond acceptors (Lipinski definition) is 3. The van der Waals surface area contributed by atoms with Crippen LogP contribution >= 0.6 is 0 Å². The molecule has 104 valence electrons. The Morgan fingerprint density at radius 2 is 2.21 bits per heavy atom. The van der Waals surface area contributed by atoms with Crippen molar-refractivity contribution in [2.45, 2.75) is 20.3 Å². The summed E-state index contributed by atoms with van der Waals surface area (Å²) in [6.45, 7) is 7.05. The number of H-pyrrole nitrogens is 1. The van der Waals surface area contributed by atoms with Crippen LogP contribution in [0.5, 0.6) is 0 Å². The van der Waals surface area contributed by atoms with Gasteiger partial charge in [-0.2, -0.15) is 0 Å². The maximum atomic E-state index is 5.65. The van der Waals surface area contributed by atoms with Crippen molar-refractivity contribution in [3.63, 3.8) is 0 Å². The van der Waals surface area contributed by atoms with Gasteiger partial charge in [0.1, 0.15) is 5.82 Å². The minimum Gasteiger partial charge on any atom is -0.342 e. The van der Waals surface area contributed by atoms with Crippen molar-refractivity contribution in [3.05, 3.63) is 29.6 Å². The number of nitrogens with zero attached hydrogens (tertiary/aromatic N) is 2. The minimum absolute atomic E-state index is 0.558. The number of aromatic amines is 1. The molecule has 1 unspecified atom stereocenters. The largest absolute Gasteiger partial charge is 0.342 e. The van der Waals surface area contributed by atoms with Crippen LogP contribution in [0, 0.1) is 12.8 Å². The van der Waals surface area contributed by atoms with Gasteiger partial charge in [-0.05, 0) is 50.6 Å². The van der Waals surface area contributed by atoms with E-state index in [4.69, 9.17) is 5.73 Å². The average Bonchev–Trinajstić information content (AvgIpc) is 2.75. The van der Waals surface area contributed by atoms with E-state index in [1.165, 1.54) is 5.56 Å². The van der Waals surface area contributed by atoms with Gasteiger partial charge in [-0.15, -0.1) is 0 Å². The monoisotopic (exact) mass is 260 g/mol. The molecule has 4 nitrogen and oxygen atoms in total. The molecule has 0 spiro atoms. The highest BCUT2D eigenvalue weighted by Crippen LogP contribution is 2.14. The Hall–Kier alpha value is -1.39. The Bertz CT molecular complexity index is 532. The molecular weight excluding hydrogens is 236 g/mol. The van der Waals surface area contributed by atoms with Gasteiger partial charge in [0.25, 0.3) is 0 Å². The van der Waals surface area contributed by atoms with Gasteiger partial charge in [0.15, 0.2) is 0 Å². The Kier molecular flexibility index (Phi) is 4.56. The van der Waals surface area contributed by atoms with Crippen LogP contribution in [-0.4, -0.2) is 41.5 Å². The summed E-state index contributed by atoms with van der Waals surface area (Å²) in [4.78, 5) is 10.1. The molecule has 0 aliphatic rings. The Morgan fingerprint density at radius 1 is 1.42 bits per heavy atom. The van der Waals surface area contributed by atoms with Crippen LogP contribution in [0.3, 0.4) is 0 Å². The maximum absolute atomic E-state index is 5.65. The Balaban J connectivity index is 1.94. The van der Waals surface area contributed by atoms with Crippen LogP contribution in [0.2, 0.25) is 0 Å². The highest BCUT2D eigenvalue weighted by atomic mass is 15.1. The lowest BCUT2D eigenvalue weighted by molar-refractivity contribution is 0.292. The molecule has 0 bridgehead atoms. The van der Waals surface area contributed by atoms with Gasteiger partial charge in [-0.1, -0.05) is 13.0 Å². The lowest BCUT2D eigenvalue weighted by atomic mass is 10.1. The molecule has 0 aliphatic carbocycles. The van der Waals surface area contributed by atoms with Gasteiger partial charge < -0.3 is 15.6 Å². The van der Waals surface area contributed by atoms with Crippen LogP contribution in [0.15, 0.2) is 18.2 Å². The summed E-state index contributed by atoms with van der Waals surface area (Å²) in [5.41, 5.74) is 9.18. The zero-order valence-corrected chi connectivity index (χ0v) is 12.1. The second kappa shape index (κ2) is 6.17. The van der Waals surface area contributed by atoms with E-state index in [1.807, 2.05) is 6.92 Å². The Labute approximate surface area is 115 Å². The van der Waals surface area contributed by atoms with Crippen LogP contribution in [0.4, 0.5) is 0 Å². The minimum atomic E-state index is 0.558. The van der Waals surface area contributed by atoms with Crippen LogP contribution in [-0.2, 0) is 6.42 Å². The van der Waals surface area contributed by atoms with Gasteiger partial charge in [0.2, 0.25) is 0 Å². The summed E-state index contributed by atoms with van der Waals surface area (Å²) in [7, 11) is 2.16. The summed E-state index contributed by atoms with van der Waals surface area (Å²) in [5.74, 6) is 1.53. The fourth-order valence-electron chi connectivity index (χ4n) is 2.36. The summed E-state index contributed by atoms with van der Waals surface area (Å²) in [6.07, 6.45) is 1.06. The third kappa shape index (κ3) is 3.78. The first-order chi connectivity index (χ1) is 9.08. The molecule has 0 amide bonds. The zero-order chi connectivity index (χ0) is 13.8. The van der Waals surface area contributed by atoms with E-state index in [9.17, 15) is 0 Å². The van der Waals surface area contributed by atoms with Gasteiger partial charge in [-0.25, -0.2) is 4.98 Å². The zero-order valence-electron chi connectivity index (χ0n) is 12.1. The number of benzene rings is 1. The van der Waals surface area contributed by atoms with E-state index >= 15 is 0 Å². The van der Waals surface area contributed by atoms with Crippen LogP contribution < -0.4 is 5.73 Å². The molecule has 19 heavy (non-hydrogen) atoms. The van der Waals surface area contributed by atoms with Crippen molar-refractivity contribution in [1.29, 1.82) is 0 Å². The van der Waals surface area contributed by atoms with E-state index in [2.05, 4.69) is 47.0 Å². The summed E-state index contributed by atoms with van der Waals surface area (Å²) in [5, 5.41) is 0. The number of likely N-dealkylation sites (N-methyl/N-ethyl adjacent to an activating group) is 1. The van der Waals surface area contributed by atoms with Crippen molar-refractivity contribution < 1.29 is 0 Å². The van der Waals surface area contributed by atoms with Crippen LogP contribution in [0.25, 0.3) is 11.0 Å². The number of hydrogen-bond donors (Lipinski definition) is 2. The Morgan fingerprint density at radius 3 is 2.95 bits per heavy atom. The second-order valence-corrected chi connectivity index (χ2v) is 5.53. The SMILES string of the molecule is Cc1nc2ccc(CCN(C)CC(C)CN)cc2[nH]1. The number of aryl methyl sites for hydroxylation is 1. The molecule has 1 heterocycles. The molecule has 0 radical (unpaired) electrons. The predicted octanol–water partition coefficient (Wildman–Crippen LogP) is 1.94. The molecule has 1 aromatic heterocycles. The maximum Gasteiger partial charge on any atom is 0.104 e. The number of nitrogens with two attached hydrogens (primary N) is 1. The number of imidazole rings is 1. The lowest BCUT2D eigenvalue weighted by Crippen LogP contribution is -2.29. The molecule has 1 aromatic carbocycles. The lowest BCUT2D eigenvalue weighted by Gasteiger charge is -2.20. The topological polar surface area (TPSA) is 57.9 Å². The van der Waals surface area contributed by atoms with Gasteiger partial charge in [0.05, 0.1) is 11.0 Å². The standard InChI is InChI=1S/C15H24N4/c1-11(9-16)10-19(3)7-6-13-4-5-14-15(8-13)18-12(2)17-14/h4-5,8,11H,6-7,9-10,16H2,1-3H3,(H,17,18). The van der Waals surface area contributed by atoms with E-state index < -0.39 is 0 Å². The summed E-state index contributed by atoms with van der Waals surface area (Å²) in [6, 6.07) is 6.47. The molecule has 0 aliphatic heterocycles. The number of aromatic nitrogens is 2. The fraction of sp³-hybridized carbons (Fsp3) is 0.533. The summed E-state index contributed by atoms with van der Waals surface area (Å²) >= 11 is 0. The first kappa shape index (κ1) is 14.0. The molecule has 0 saturated heterocycles. The normalized spacial score (nSPS) is 13.3. The molecule has 4 heteroatoms. The molecule has 2 aromatic rings. The van der Waals surface area contributed by atoms with Crippen molar-refractivity contribution in [2.24, 2.45) is 11.7 Å². The number of fused-ring (bicyclic) bond motifs is 1. The van der Waals surface area contributed by atoms with Gasteiger partial charge >= 0.3 is 0 Å². The van der Waals surface area contributed by atoms with Crippen molar-refractivity contribution >= 4 is 11.0 Å². The van der Waals surface area contributed by atoms with Gasteiger partial charge in [0, 0.05) is 13.1 Å². The second-order valence-electron chi connectivity index (χ2n) is 5.53. The third-order valence-electron chi connectivity index (χ3n) is 3.47. The average molecular weight is 260 g/mol.